The summed E-state index contributed by atoms with van der Waals surface area (Å²) in [4.78, 5) is 13.3. The summed E-state index contributed by atoms with van der Waals surface area (Å²) in [6, 6.07) is 5.89. The molecule has 3 rings (SSSR count). The molecule has 6 heteroatoms. The molecule has 0 radical (unpaired) electrons. The third kappa shape index (κ3) is 3.31. The first-order chi connectivity index (χ1) is 11.0. The Morgan fingerprint density at radius 3 is 2.65 bits per heavy atom. The molecule has 0 fully saturated rings. The fraction of sp³-hybridized carbons (Fsp3) is 0.412. The molecule has 0 spiro atoms. The monoisotopic (exact) mass is 310 g/mol. The van der Waals surface area contributed by atoms with Crippen LogP contribution in [0.5, 0.6) is 0 Å². The van der Waals surface area contributed by atoms with Gasteiger partial charge in [0.2, 0.25) is 0 Å². The summed E-state index contributed by atoms with van der Waals surface area (Å²) >= 11 is 0. The molecule has 0 aliphatic heterocycles. The lowest BCUT2D eigenvalue weighted by atomic mass is 10.1. The van der Waals surface area contributed by atoms with Gasteiger partial charge in [0.1, 0.15) is 5.82 Å². The van der Waals surface area contributed by atoms with Crippen molar-refractivity contribution in [3.63, 3.8) is 0 Å². The van der Waals surface area contributed by atoms with Crippen molar-refractivity contribution in [3.05, 3.63) is 36.3 Å². The number of aromatic nitrogens is 5. The quantitative estimate of drug-likeness (QED) is 0.782. The van der Waals surface area contributed by atoms with Crippen LogP contribution in [0.25, 0.3) is 17.2 Å². The molecular formula is C17H22N6. The number of anilines is 1. The van der Waals surface area contributed by atoms with Crippen molar-refractivity contribution in [3.8, 4) is 11.4 Å². The molecule has 0 atom stereocenters. The van der Waals surface area contributed by atoms with Gasteiger partial charge in [-0.25, -0.2) is 4.98 Å². The lowest BCUT2D eigenvalue weighted by molar-refractivity contribution is 0.682. The van der Waals surface area contributed by atoms with Gasteiger partial charge in [-0.3, -0.25) is 4.98 Å². The highest BCUT2D eigenvalue weighted by Crippen LogP contribution is 2.21. The zero-order chi connectivity index (χ0) is 16.4. The molecule has 0 bridgehead atoms. The van der Waals surface area contributed by atoms with Crippen LogP contribution in [-0.2, 0) is 0 Å². The highest BCUT2D eigenvalue weighted by Gasteiger charge is 2.14. The van der Waals surface area contributed by atoms with E-state index in [0.717, 1.165) is 23.6 Å². The van der Waals surface area contributed by atoms with E-state index in [1.165, 1.54) is 0 Å². The number of pyridine rings is 1. The highest BCUT2D eigenvalue weighted by molar-refractivity contribution is 5.57. The lowest BCUT2D eigenvalue weighted by Crippen LogP contribution is -2.13. The Kier molecular flexibility index (Phi) is 4.23. The van der Waals surface area contributed by atoms with Crippen LogP contribution < -0.4 is 5.32 Å². The number of nitrogens with one attached hydrogen (secondary N) is 1. The van der Waals surface area contributed by atoms with Gasteiger partial charge in [0, 0.05) is 30.6 Å². The number of rotatable bonds is 5. The molecular weight excluding hydrogens is 288 g/mol. The van der Waals surface area contributed by atoms with Crippen LogP contribution in [0.3, 0.4) is 0 Å². The third-order valence-electron chi connectivity index (χ3n) is 3.53. The standard InChI is InChI=1S/C17H22N6/c1-11(2)9-19-15-8-14(12(3)4)20-17-21-16(22-23(15)17)13-6-5-7-18-10-13/h5-8,10-12,19H,9H2,1-4H3. The summed E-state index contributed by atoms with van der Waals surface area (Å²) in [6.07, 6.45) is 3.50. The summed E-state index contributed by atoms with van der Waals surface area (Å²) in [7, 11) is 0. The number of fused-ring (bicyclic) bond motifs is 1. The summed E-state index contributed by atoms with van der Waals surface area (Å²) in [5, 5.41) is 8.05. The smallest absolute Gasteiger partial charge is 0.254 e. The SMILES string of the molecule is CC(C)CNc1cc(C(C)C)nc2nc(-c3cccnc3)nn12. The molecule has 120 valence electrons. The lowest BCUT2D eigenvalue weighted by Gasteiger charge is -2.12. The van der Waals surface area contributed by atoms with Gasteiger partial charge < -0.3 is 5.32 Å². The second kappa shape index (κ2) is 6.32. The van der Waals surface area contributed by atoms with E-state index in [1.807, 2.05) is 12.1 Å². The summed E-state index contributed by atoms with van der Waals surface area (Å²) < 4.78 is 1.77. The van der Waals surface area contributed by atoms with E-state index in [1.54, 1.807) is 16.9 Å². The Balaban J connectivity index is 2.09. The Bertz CT molecular complexity index is 791. The topological polar surface area (TPSA) is 68.0 Å². The largest absolute Gasteiger partial charge is 0.370 e. The molecule has 0 aromatic carbocycles. The van der Waals surface area contributed by atoms with E-state index in [0.29, 0.717) is 23.4 Å². The average molecular weight is 310 g/mol. The molecule has 0 aliphatic carbocycles. The number of hydrogen-bond acceptors (Lipinski definition) is 5. The molecule has 0 saturated heterocycles. The fourth-order valence-electron chi connectivity index (χ4n) is 2.23. The van der Waals surface area contributed by atoms with Crippen LogP contribution in [0.1, 0.15) is 39.3 Å². The number of nitrogens with zero attached hydrogens (tertiary/aromatic N) is 5. The first-order valence-electron chi connectivity index (χ1n) is 7.96. The van der Waals surface area contributed by atoms with Crippen molar-refractivity contribution in [2.45, 2.75) is 33.6 Å². The van der Waals surface area contributed by atoms with Crippen LogP contribution in [0.15, 0.2) is 30.6 Å². The van der Waals surface area contributed by atoms with Gasteiger partial charge in [0.25, 0.3) is 5.78 Å². The van der Waals surface area contributed by atoms with Crippen molar-refractivity contribution in [1.29, 1.82) is 0 Å². The minimum Gasteiger partial charge on any atom is -0.370 e. The highest BCUT2D eigenvalue weighted by atomic mass is 15.4. The second-order valence-electron chi connectivity index (χ2n) is 6.38. The van der Waals surface area contributed by atoms with E-state index in [2.05, 4.69) is 59.1 Å². The average Bonchev–Trinajstić information content (AvgIpc) is 2.97. The zero-order valence-corrected chi connectivity index (χ0v) is 14.0. The maximum absolute atomic E-state index is 4.64. The first-order valence-corrected chi connectivity index (χ1v) is 7.96. The van der Waals surface area contributed by atoms with Crippen LogP contribution in [0.2, 0.25) is 0 Å². The van der Waals surface area contributed by atoms with Crippen LogP contribution in [0, 0.1) is 5.92 Å². The minimum absolute atomic E-state index is 0.332. The van der Waals surface area contributed by atoms with Crippen molar-refractivity contribution in [2.24, 2.45) is 5.92 Å². The maximum atomic E-state index is 4.64. The Hall–Kier alpha value is -2.50. The van der Waals surface area contributed by atoms with Crippen LogP contribution in [-0.4, -0.2) is 31.1 Å². The molecule has 23 heavy (non-hydrogen) atoms. The Morgan fingerprint density at radius 2 is 2.00 bits per heavy atom. The van der Waals surface area contributed by atoms with Gasteiger partial charge in [-0.1, -0.05) is 27.7 Å². The van der Waals surface area contributed by atoms with Crippen molar-refractivity contribution >= 4 is 11.6 Å². The Labute approximate surface area is 136 Å². The van der Waals surface area contributed by atoms with Gasteiger partial charge in [-0.15, -0.1) is 5.10 Å². The summed E-state index contributed by atoms with van der Waals surface area (Å²) in [5.41, 5.74) is 1.90. The molecule has 1 N–H and O–H groups in total. The molecule has 0 unspecified atom stereocenters. The molecule has 3 aromatic heterocycles. The van der Waals surface area contributed by atoms with Gasteiger partial charge in [0.15, 0.2) is 5.82 Å². The van der Waals surface area contributed by atoms with E-state index < -0.39 is 0 Å². The summed E-state index contributed by atoms with van der Waals surface area (Å²) in [5.74, 6) is 3.05. The van der Waals surface area contributed by atoms with E-state index in [4.69, 9.17) is 0 Å². The van der Waals surface area contributed by atoms with E-state index in [9.17, 15) is 0 Å². The van der Waals surface area contributed by atoms with Crippen molar-refractivity contribution in [1.82, 2.24) is 24.6 Å². The first kappa shape index (κ1) is 15.4. The van der Waals surface area contributed by atoms with Crippen molar-refractivity contribution < 1.29 is 0 Å². The number of hydrogen-bond donors (Lipinski definition) is 1. The second-order valence-corrected chi connectivity index (χ2v) is 6.38. The Morgan fingerprint density at radius 1 is 1.17 bits per heavy atom. The molecule has 0 saturated carbocycles. The normalized spacial score (nSPS) is 11.6. The van der Waals surface area contributed by atoms with E-state index in [-0.39, 0.29) is 0 Å². The van der Waals surface area contributed by atoms with Crippen LogP contribution in [0.4, 0.5) is 5.82 Å². The fourth-order valence-corrected chi connectivity index (χ4v) is 2.23. The molecule has 3 aromatic rings. The van der Waals surface area contributed by atoms with Gasteiger partial charge in [-0.2, -0.15) is 9.50 Å². The van der Waals surface area contributed by atoms with E-state index >= 15 is 0 Å². The molecule has 6 nitrogen and oxygen atoms in total. The zero-order valence-electron chi connectivity index (χ0n) is 14.0. The summed E-state index contributed by atoms with van der Waals surface area (Å²) in [6.45, 7) is 9.49. The maximum Gasteiger partial charge on any atom is 0.254 e. The van der Waals surface area contributed by atoms with Crippen LogP contribution >= 0.6 is 0 Å². The molecule has 0 aliphatic rings. The molecule has 3 heterocycles. The van der Waals surface area contributed by atoms with Gasteiger partial charge in [0.05, 0.1) is 5.69 Å². The minimum atomic E-state index is 0.332. The van der Waals surface area contributed by atoms with Crippen molar-refractivity contribution in [2.75, 3.05) is 11.9 Å². The molecule has 0 amide bonds. The predicted octanol–water partition coefficient (Wildman–Crippen LogP) is 3.38. The van der Waals surface area contributed by atoms with Gasteiger partial charge in [-0.05, 0) is 24.0 Å². The van der Waals surface area contributed by atoms with Gasteiger partial charge >= 0.3 is 0 Å². The third-order valence-corrected chi connectivity index (χ3v) is 3.53. The predicted molar refractivity (Wildman–Crippen MR) is 91.4 cm³/mol.